The molecule has 25 heavy (non-hydrogen) atoms. The molecule has 0 atom stereocenters. The second-order valence-electron chi connectivity index (χ2n) is 6.18. The smallest absolute Gasteiger partial charge is 0.119 e. The van der Waals surface area contributed by atoms with Gasteiger partial charge in [-0.05, 0) is 41.8 Å². The quantitative estimate of drug-likeness (QED) is 0.488. The van der Waals surface area contributed by atoms with E-state index in [0.717, 1.165) is 35.5 Å². The molecule has 2 rings (SSSR count). The van der Waals surface area contributed by atoms with Gasteiger partial charge in [-0.15, -0.1) is 0 Å². The molecule has 0 unspecified atom stereocenters. The van der Waals surface area contributed by atoms with Crippen molar-refractivity contribution in [3.05, 3.63) is 54.1 Å². The van der Waals surface area contributed by atoms with Crippen molar-refractivity contribution in [2.24, 2.45) is 0 Å². The zero-order chi connectivity index (χ0) is 17.7. The maximum atomic E-state index is 8.73. The molecule has 0 aliphatic carbocycles. The van der Waals surface area contributed by atoms with Crippen molar-refractivity contribution in [2.75, 3.05) is 13.2 Å². The van der Waals surface area contributed by atoms with Gasteiger partial charge in [0.05, 0.1) is 6.61 Å². The van der Waals surface area contributed by atoms with Crippen LogP contribution in [0.15, 0.2) is 48.5 Å². The van der Waals surface area contributed by atoms with Gasteiger partial charge in [0.1, 0.15) is 12.4 Å². The molecule has 0 bridgehead atoms. The maximum Gasteiger partial charge on any atom is 0.119 e. The summed E-state index contributed by atoms with van der Waals surface area (Å²) < 4.78 is 5.82. The zero-order valence-corrected chi connectivity index (χ0v) is 15.1. The van der Waals surface area contributed by atoms with Crippen molar-refractivity contribution in [3.63, 3.8) is 0 Å². The summed E-state index contributed by atoms with van der Waals surface area (Å²) in [6, 6.07) is 16.3. The fourth-order valence-corrected chi connectivity index (χ4v) is 2.70. The molecule has 2 nitrogen and oxygen atoms in total. The Morgan fingerprint density at radius 2 is 1.40 bits per heavy atom. The fraction of sp³-hybridized carbons (Fsp3) is 0.391. The first kappa shape index (κ1) is 19.1. The first-order valence-electron chi connectivity index (χ1n) is 9.26. The molecule has 1 N–H and O–H groups in total. The fourth-order valence-electron chi connectivity index (χ4n) is 2.70. The average molecular weight is 336 g/mol. The van der Waals surface area contributed by atoms with Crippen LogP contribution in [-0.2, 0) is 0 Å². The van der Waals surface area contributed by atoms with Crippen LogP contribution in [0.3, 0.4) is 0 Å². The number of benzene rings is 2. The van der Waals surface area contributed by atoms with Crippen LogP contribution in [0.5, 0.6) is 5.75 Å². The lowest BCUT2D eigenvalue weighted by atomic mass is 10.0. The number of hydrogen-bond donors (Lipinski definition) is 1. The van der Waals surface area contributed by atoms with Crippen molar-refractivity contribution in [1.82, 2.24) is 0 Å². The molecule has 2 heteroatoms. The molecule has 2 aromatic rings. The highest BCUT2D eigenvalue weighted by molar-refractivity contribution is 5.65. The molecule has 0 aromatic heterocycles. The number of unbranched alkanes of at least 4 members (excludes halogenated alkanes) is 5. The minimum atomic E-state index is -0.109. The van der Waals surface area contributed by atoms with Crippen LogP contribution in [0.1, 0.15) is 51.0 Å². The van der Waals surface area contributed by atoms with Gasteiger partial charge in [0.15, 0.2) is 0 Å². The molecular weight excluding hydrogens is 308 g/mol. The monoisotopic (exact) mass is 336 g/mol. The van der Waals surface area contributed by atoms with Gasteiger partial charge in [0, 0.05) is 5.56 Å². The molecule has 0 saturated heterocycles. The number of aliphatic hydroxyl groups is 1. The SMILES string of the molecule is CCCCCCCCOc1ccc(-c2ccc(C#CCO)cc2)cc1. The van der Waals surface area contributed by atoms with E-state index in [9.17, 15) is 0 Å². The van der Waals surface area contributed by atoms with Crippen LogP contribution in [0.25, 0.3) is 11.1 Å². The summed E-state index contributed by atoms with van der Waals surface area (Å²) in [5, 5.41) is 8.73. The molecule has 2 aromatic carbocycles. The van der Waals surface area contributed by atoms with E-state index in [1.165, 1.54) is 32.1 Å². The summed E-state index contributed by atoms with van der Waals surface area (Å²) in [7, 11) is 0. The van der Waals surface area contributed by atoms with Gasteiger partial charge in [-0.2, -0.15) is 0 Å². The molecule has 0 aliphatic rings. The topological polar surface area (TPSA) is 29.5 Å². The normalized spacial score (nSPS) is 10.2. The minimum absolute atomic E-state index is 0.109. The molecular formula is C23H28O2. The maximum absolute atomic E-state index is 8.73. The Morgan fingerprint density at radius 3 is 2.04 bits per heavy atom. The van der Waals surface area contributed by atoms with Crippen molar-refractivity contribution in [1.29, 1.82) is 0 Å². The van der Waals surface area contributed by atoms with Crippen LogP contribution >= 0.6 is 0 Å². The van der Waals surface area contributed by atoms with Gasteiger partial charge in [-0.3, -0.25) is 0 Å². The Balaban J connectivity index is 1.79. The molecule has 0 spiro atoms. The van der Waals surface area contributed by atoms with Crippen molar-refractivity contribution >= 4 is 0 Å². The van der Waals surface area contributed by atoms with Crippen molar-refractivity contribution in [3.8, 4) is 28.7 Å². The van der Waals surface area contributed by atoms with E-state index in [0.29, 0.717) is 0 Å². The van der Waals surface area contributed by atoms with E-state index in [1.807, 2.05) is 36.4 Å². The number of ether oxygens (including phenoxy) is 1. The largest absolute Gasteiger partial charge is 0.494 e. The van der Waals surface area contributed by atoms with Crippen molar-refractivity contribution in [2.45, 2.75) is 45.4 Å². The predicted molar refractivity (Wildman–Crippen MR) is 105 cm³/mol. The summed E-state index contributed by atoms with van der Waals surface area (Å²) >= 11 is 0. The average Bonchev–Trinajstić information content (AvgIpc) is 2.66. The van der Waals surface area contributed by atoms with Gasteiger partial charge in [-0.1, -0.05) is 75.1 Å². The van der Waals surface area contributed by atoms with E-state index in [1.54, 1.807) is 0 Å². The molecule has 0 amide bonds. The van der Waals surface area contributed by atoms with Gasteiger partial charge < -0.3 is 9.84 Å². The Bertz CT molecular complexity index is 660. The lowest BCUT2D eigenvalue weighted by molar-refractivity contribution is 0.304. The summed E-state index contributed by atoms with van der Waals surface area (Å²) in [6.07, 6.45) is 7.68. The molecule has 0 radical (unpaired) electrons. The first-order valence-corrected chi connectivity index (χ1v) is 9.26. The third-order valence-electron chi connectivity index (χ3n) is 4.15. The summed E-state index contributed by atoms with van der Waals surface area (Å²) in [4.78, 5) is 0. The van der Waals surface area contributed by atoms with E-state index >= 15 is 0 Å². The minimum Gasteiger partial charge on any atom is -0.494 e. The van der Waals surface area contributed by atoms with Crippen LogP contribution in [0.4, 0.5) is 0 Å². The Hall–Kier alpha value is -2.24. The lowest BCUT2D eigenvalue weighted by Gasteiger charge is -2.08. The van der Waals surface area contributed by atoms with Crippen LogP contribution in [0.2, 0.25) is 0 Å². The molecule has 132 valence electrons. The lowest BCUT2D eigenvalue weighted by Crippen LogP contribution is -1.97. The van der Waals surface area contributed by atoms with E-state index in [2.05, 4.69) is 30.9 Å². The van der Waals surface area contributed by atoms with E-state index in [-0.39, 0.29) is 6.61 Å². The third-order valence-corrected chi connectivity index (χ3v) is 4.15. The van der Waals surface area contributed by atoms with Gasteiger partial charge in [0.2, 0.25) is 0 Å². The van der Waals surface area contributed by atoms with Gasteiger partial charge in [0.25, 0.3) is 0 Å². The Kier molecular flexibility index (Phi) is 8.66. The first-order chi connectivity index (χ1) is 12.3. The molecule has 0 saturated carbocycles. The van der Waals surface area contributed by atoms with Crippen LogP contribution < -0.4 is 4.74 Å². The van der Waals surface area contributed by atoms with Gasteiger partial charge >= 0.3 is 0 Å². The molecule has 0 fully saturated rings. The Morgan fingerprint density at radius 1 is 0.800 bits per heavy atom. The van der Waals surface area contributed by atoms with Crippen LogP contribution in [0, 0.1) is 11.8 Å². The van der Waals surface area contributed by atoms with E-state index < -0.39 is 0 Å². The second kappa shape index (κ2) is 11.3. The highest BCUT2D eigenvalue weighted by atomic mass is 16.5. The number of hydrogen-bond acceptors (Lipinski definition) is 2. The summed E-state index contributed by atoms with van der Waals surface area (Å²) in [6.45, 7) is 2.93. The molecule has 0 heterocycles. The van der Waals surface area contributed by atoms with E-state index in [4.69, 9.17) is 9.84 Å². The zero-order valence-electron chi connectivity index (χ0n) is 15.1. The number of aliphatic hydroxyl groups excluding tert-OH is 1. The molecule has 0 aliphatic heterocycles. The Labute approximate surface area is 151 Å². The van der Waals surface area contributed by atoms with Crippen LogP contribution in [-0.4, -0.2) is 18.3 Å². The third kappa shape index (κ3) is 7.03. The highest BCUT2D eigenvalue weighted by Crippen LogP contribution is 2.23. The summed E-state index contributed by atoms with van der Waals surface area (Å²) in [5.41, 5.74) is 3.22. The predicted octanol–water partition coefficient (Wildman–Crippen LogP) is 5.44. The van der Waals surface area contributed by atoms with Crippen molar-refractivity contribution < 1.29 is 9.84 Å². The highest BCUT2D eigenvalue weighted by Gasteiger charge is 1.99. The number of rotatable bonds is 9. The van der Waals surface area contributed by atoms with Gasteiger partial charge in [-0.25, -0.2) is 0 Å². The second-order valence-corrected chi connectivity index (χ2v) is 6.18. The summed E-state index contributed by atoms with van der Waals surface area (Å²) in [5.74, 6) is 6.50. The standard InChI is InChI=1S/C23H28O2/c1-2-3-4-5-6-7-19-25-23-16-14-22(15-17-23)21-12-10-20(11-13-21)9-8-18-24/h10-17,24H,2-7,18-19H2,1H3.